The van der Waals surface area contributed by atoms with Gasteiger partial charge in [-0.05, 0) is 18.3 Å². The first-order valence-corrected chi connectivity index (χ1v) is 5.69. The van der Waals surface area contributed by atoms with Crippen LogP contribution >= 0.6 is 23.8 Å². The summed E-state index contributed by atoms with van der Waals surface area (Å²) in [5.74, 6) is 0. The van der Waals surface area contributed by atoms with E-state index in [-0.39, 0.29) is 0 Å². The Labute approximate surface area is 107 Å². The Balaban J connectivity index is 2.36. The van der Waals surface area contributed by atoms with Crippen LogP contribution in [0.15, 0.2) is 24.7 Å². The zero-order valence-corrected chi connectivity index (χ0v) is 10.5. The minimum absolute atomic E-state index is 0.572. The van der Waals surface area contributed by atoms with Crippen LogP contribution < -0.4 is 0 Å². The van der Waals surface area contributed by atoms with Crippen molar-refractivity contribution < 1.29 is 0 Å². The second-order valence-corrected chi connectivity index (χ2v) is 4.49. The predicted molar refractivity (Wildman–Crippen MR) is 68.0 cm³/mol. The summed E-state index contributed by atoms with van der Waals surface area (Å²) < 4.78 is 4.11. The van der Waals surface area contributed by atoms with Gasteiger partial charge in [-0.3, -0.25) is 9.25 Å². The van der Waals surface area contributed by atoms with Gasteiger partial charge in [0.25, 0.3) is 0 Å². The van der Waals surface area contributed by atoms with Gasteiger partial charge in [0.2, 0.25) is 0 Å². The molecule has 0 unspecified atom stereocenters. The number of nitrogens with zero attached hydrogens (tertiary/aromatic N) is 4. The summed E-state index contributed by atoms with van der Waals surface area (Å²) >= 11 is 11.2. The number of H-pyrrole nitrogens is 1. The van der Waals surface area contributed by atoms with Crippen molar-refractivity contribution in [3.63, 3.8) is 0 Å². The molecule has 0 amide bonds. The first kappa shape index (κ1) is 10.5. The Bertz CT molecular complexity index is 753. The number of nitrogens with one attached hydrogen (secondary N) is 1. The molecular formula is C10H8ClN5S. The van der Waals surface area contributed by atoms with Gasteiger partial charge in [0.05, 0.1) is 22.4 Å². The van der Waals surface area contributed by atoms with Crippen LogP contribution in [0.4, 0.5) is 0 Å². The van der Waals surface area contributed by atoms with E-state index in [2.05, 4.69) is 15.1 Å². The third-order valence-electron chi connectivity index (χ3n) is 2.44. The van der Waals surface area contributed by atoms with Crippen molar-refractivity contribution in [1.82, 2.24) is 24.3 Å². The van der Waals surface area contributed by atoms with Gasteiger partial charge < -0.3 is 4.98 Å². The molecule has 7 heteroatoms. The molecule has 0 radical (unpaired) electrons. The van der Waals surface area contributed by atoms with Crippen molar-refractivity contribution in [3.8, 4) is 5.69 Å². The van der Waals surface area contributed by atoms with Crippen LogP contribution in [0.1, 0.15) is 0 Å². The first-order valence-electron chi connectivity index (χ1n) is 4.90. The predicted octanol–water partition coefficient (Wildman–Crippen LogP) is 2.47. The molecule has 0 fully saturated rings. The van der Waals surface area contributed by atoms with Crippen molar-refractivity contribution in [2.24, 2.45) is 7.05 Å². The van der Waals surface area contributed by atoms with Gasteiger partial charge in [-0.25, -0.2) is 4.98 Å². The highest BCUT2D eigenvalue weighted by Gasteiger charge is 2.09. The number of pyridine rings is 1. The van der Waals surface area contributed by atoms with Gasteiger partial charge in [0.1, 0.15) is 0 Å². The number of aryl methyl sites for hydroxylation is 1. The van der Waals surface area contributed by atoms with Crippen molar-refractivity contribution >= 4 is 35.0 Å². The summed E-state index contributed by atoms with van der Waals surface area (Å²) in [5, 5.41) is 4.70. The normalized spacial score (nSPS) is 11.2. The molecule has 0 atom stereocenters. The molecule has 0 aliphatic rings. The van der Waals surface area contributed by atoms with Gasteiger partial charge in [-0.1, -0.05) is 11.6 Å². The molecule has 86 valence electrons. The van der Waals surface area contributed by atoms with Crippen LogP contribution in [0.3, 0.4) is 0 Å². The summed E-state index contributed by atoms with van der Waals surface area (Å²) in [4.78, 5) is 7.35. The second kappa shape index (κ2) is 3.68. The molecule has 3 heterocycles. The van der Waals surface area contributed by atoms with Crippen LogP contribution in [0.2, 0.25) is 5.02 Å². The standard InChI is InChI=1S/C10H8ClN5S/c1-15-5-7(4-13-15)16-9-8(14-10(16)17)2-6(11)3-12-9/h2-5H,1H3,(H,14,17). The van der Waals surface area contributed by atoms with E-state index in [4.69, 9.17) is 23.8 Å². The van der Waals surface area contributed by atoms with Gasteiger partial charge in [-0.15, -0.1) is 0 Å². The first-order chi connectivity index (χ1) is 8.15. The maximum Gasteiger partial charge on any atom is 0.184 e. The molecule has 0 saturated carbocycles. The van der Waals surface area contributed by atoms with Gasteiger partial charge in [-0.2, -0.15) is 5.10 Å². The minimum Gasteiger partial charge on any atom is -0.329 e. The zero-order chi connectivity index (χ0) is 12.0. The third-order valence-corrected chi connectivity index (χ3v) is 2.93. The molecule has 5 nitrogen and oxygen atoms in total. The highest BCUT2D eigenvalue weighted by molar-refractivity contribution is 7.71. The topological polar surface area (TPSA) is 51.4 Å². The van der Waals surface area contributed by atoms with Crippen molar-refractivity contribution in [3.05, 3.63) is 34.5 Å². The number of fused-ring (bicyclic) bond motifs is 1. The number of aromatic amines is 1. The molecule has 0 aromatic carbocycles. The number of hydrogen-bond acceptors (Lipinski definition) is 3. The van der Waals surface area contributed by atoms with Crippen LogP contribution in [0.25, 0.3) is 16.9 Å². The molecule has 0 aliphatic heterocycles. The van der Waals surface area contributed by atoms with Gasteiger partial charge in [0, 0.05) is 19.4 Å². The molecule has 0 aliphatic carbocycles. The fourth-order valence-electron chi connectivity index (χ4n) is 1.73. The highest BCUT2D eigenvalue weighted by atomic mass is 35.5. The SMILES string of the molecule is Cn1cc(-n2c(=S)[nH]c3cc(Cl)cnc32)cn1. The second-order valence-electron chi connectivity index (χ2n) is 3.66. The lowest BCUT2D eigenvalue weighted by Crippen LogP contribution is -1.93. The Morgan fingerprint density at radius 2 is 2.24 bits per heavy atom. The highest BCUT2D eigenvalue weighted by Crippen LogP contribution is 2.19. The Morgan fingerprint density at radius 3 is 2.94 bits per heavy atom. The number of aromatic nitrogens is 5. The van der Waals surface area contributed by atoms with E-state index in [1.165, 1.54) is 0 Å². The van der Waals surface area contributed by atoms with Crippen molar-refractivity contribution in [1.29, 1.82) is 0 Å². The molecule has 1 N–H and O–H groups in total. The lowest BCUT2D eigenvalue weighted by molar-refractivity contribution is 0.767. The maximum atomic E-state index is 5.89. The Morgan fingerprint density at radius 1 is 1.41 bits per heavy atom. The van der Waals surface area contributed by atoms with E-state index in [0.717, 1.165) is 16.9 Å². The Hall–Kier alpha value is -1.66. The number of imidazole rings is 1. The fraction of sp³-hybridized carbons (Fsp3) is 0.100. The van der Waals surface area contributed by atoms with E-state index in [0.29, 0.717) is 9.79 Å². The van der Waals surface area contributed by atoms with Crippen molar-refractivity contribution in [2.45, 2.75) is 0 Å². The molecule has 17 heavy (non-hydrogen) atoms. The summed E-state index contributed by atoms with van der Waals surface area (Å²) in [6.45, 7) is 0. The molecule has 0 saturated heterocycles. The van der Waals surface area contributed by atoms with Crippen LogP contribution in [-0.4, -0.2) is 24.3 Å². The van der Waals surface area contributed by atoms with E-state index < -0.39 is 0 Å². The molecule has 3 aromatic rings. The molecule has 0 spiro atoms. The average Bonchev–Trinajstić information content (AvgIpc) is 2.80. The lowest BCUT2D eigenvalue weighted by Gasteiger charge is -1.98. The largest absolute Gasteiger partial charge is 0.329 e. The molecule has 3 rings (SSSR count). The minimum atomic E-state index is 0.572. The van der Waals surface area contributed by atoms with Crippen LogP contribution in [-0.2, 0) is 7.05 Å². The fourth-order valence-corrected chi connectivity index (χ4v) is 2.19. The number of rotatable bonds is 1. The smallest absolute Gasteiger partial charge is 0.184 e. The van der Waals surface area contributed by atoms with E-state index >= 15 is 0 Å². The van der Waals surface area contributed by atoms with Crippen LogP contribution in [0, 0.1) is 4.77 Å². The monoisotopic (exact) mass is 265 g/mol. The van der Waals surface area contributed by atoms with Crippen molar-refractivity contribution in [2.75, 3.05) is 0 Å². The van der Waals surface area contributed by atoms with E-state index in [1.807, 2.05) is 17.8 Å². The number of hydrogen-bond donors (Lipinski definition) is 1. The van der Waals surface area contributed by atoms with Gasteiger partial charge in [0.15, 0.2) is 10.4 Å². The van der Waals surface area contributed by atoms with Crippen LogP contribution in [0.5, 0.6) is 0 Å². The quantitative estimate of drug-likeness (QED) is 0.688. The summed E-state index contributed by atoms with van der Waals surface area (Å²) in [5.41, 5.74) is 2.43. The summed E-state index contributed by atoms with van der Waals surface area (Å²) in [6.07, 6.45) is 5.21. The number of halogens is 1. The zero-order valence-electron chi connectivity index (χ0n) is 8.88. The lowest BCUT2D eigenvalue weighted by atomic mass is 10.4. The van der Waals surface area contributed by atoms with E-state index in [1.54, 1.807) is 23.1 Å². The maximum absolute atomic E-state index is 5.89. The summed E-state index contributed by atoms with van der Waals surface area (Å²) in [7, 11) is 1.85. The Kier molecular flexibility index (Phi) is 2.27. The van der Waals surface area contributed by atoms with E-state index in [9.17, 15) is 0 Å². The average molecular weight is 266 g/mol. The summed E-state index contributed by atoms with van der Waals surface area (Å²) in [6, 6.07) is 1.80. The molecule has 3 aromatic heterocycles. The van der Waals surface area contributed by atoms with Gasteiger partial charge >= 0.3 is 0 Å². The molecule has 0 bridgehead atoms. The third kappa shape index (κ3) is 1.65. The molecular weight excluding hydrogens is 258 g/mol.